The van der Waals surface area contributed by atoms with Crippen molar-refractivity contribution in [1.82, 2.24) is 20.2 Å². The van der Waals surface area contributed by atoms with Gasteiger partial charge in [-0.25, -0.2) is 9.37 Å². The number of alkyl halides is 1. The third-order valence-electron chi connectivity index (χ3n) is 5.31. The van der Waals surface area contributed by atoms with Gasteiger partial charge in [-0.3, -0.25) is 9.69 Å². The summed E-state index contributed by atoms with van der Waals surface area (Å²) < 4.78 is 15.1. The molecule has 1 saturated heterocycles. The molecular weight excluding hydrogens is 393 g/mol. The molecule has 0 unspecified atom stereocenters. The molecule has 1 amide bonds. The largest absolute Gasteiger partial charge is 0.378 e. The number of carbonyl (C=O) groups excluding carboxylic acids is 1. The number of pyridine rings is 1. The van der Waals surface area contributed by atoms with Gasteiger partial charge in [-0.05, 0) is 30.2 Å². The monoisotopic (exact) mass is 415 g/mol. The van der Waals surface area contributed by atoms with Gasteiger partial charge in [0.1, 0.15) is 11.8 Å². The van der Waals surface area contributed by atoms with E-state index in [4.69, 9.17) is 11.6 Å². The van der Waals surface area contributed by atoms with E-state index in [9.17, 15) is 4.79 Å². The number of halogens is 2. The molecule has 0 saturated carbocycles. The number of H-pyrrole nitrogens is 1. The highest BCUT2D eigenvalue weighted by molar-refractivity contribution is 6.30. The Morgan fingerprint density at radius 3 is 3.03 bits per heavy atom. The molecule has 29 heavy (non-hydrogen) atoms. The summed E-state index contributed by atoms with van der Waals surface area (Å²) in [6.07, 6.45) is 2.84. The highest BCUT2D eigenvalue weighted by atomic mass is 35.5. The van der Waals surface area contributed by atoms with Gasteiger partial charge in [0, 0.05) is 49.5 Å². The number of fused-ring (bicyclic) bond motifs is 1. The molecule has 0 bridgehead atoms. The van der Waals surface area contributed by atoms with Crippen LogP contribution in [0.1, 0.15) is 22.3 Å². The van der Waals surface area contributed by atoms with E-state index in [1.807, 2.05) is 30.3 Å². The van der Waals surface area contributed by atoms with Crippen LogP contribution in [0, 0.1) is 0 Å². The molecule has 4 rings (SSSR count). The van der Waals surface area contributed by atoms with Crippen molar-refractivity contribution in [2.24, 2.45) is 0 Å². The number of benzene rings is 1. The predicted octanol–water partition coefficient (Wildman–Crippen LogP) is 3.60. The standard InChI is InChI=1S/C21H23ClFN5O/c1-24-21(29)16-10-26-20-15(5-7-25-20)19(16)27-18-6-8-28(12-17(18)23)11-13-3-2-4-14(22)9-13/h2-5,7,9-10,17-18H,6,8,11-12H2,1H3,(H,24,29)(H2,25,26,27)/t17-,18+/m0/s1. The fourth-order valence-electron chi connectivity index (χ4n) is 3.82. The second kappa shape index (κ2) is 8.39. The van der Waals surface area contributed by atoms with Gasteiger partial charge in [-0.2, -0.15) is 0 Å². The molecule has 3 heterocycles. The molecule has 0 aliphatic carbocycles. The predicted molar refractivity (Wildman–Crippen MR) is 113 cm³/mol. The Morgan fingerprint density at radius 1 is 1.41 bits per heavy atom. The first-order chi connectivity index (χ1) is 14.0. The minimum Gasteiger partial charge on any atom is -0.378 e. The molecule has 1 aromatic carbocycles. The van der Waals surface area contributed by atoms with Gasteiger partial charge < -0.3 is 15.6 Å². The van der Waals surface area contributed by atoms with E-state index in [2.05, 4.69) is 25.5 Å². The van der Waals surface area contributed by atoms with Crippen molar-refractivity contribution in [3.63, 3.8) is 0 Å². The molecule has 0 radical (unpaired) electrons. The number of aromatic amines is 1. The maximum Gasteiger partial charge on any atom is 0.254 e. The molecule has 8 heteroatoms. The van der Waals surface area contributed by atoms with E-state index in [1.165, 1.54) is 6.20 Å². The number of hydrogen-bond acceptors (Lipinski definition) is 4. The number of nitrogens with zero attached hydrogens (tertiary/aromatic N) is 2. The average Bonchev–Trinajstić information content (AvgIpc) is 3.19. The third kappa shape index (κ3) is 4.21. The van der Waals surface area contributed by atoms with Crippen molar-refractivity contribution in [2.75, 3.05) is 25.5 Å². The van der Waals surface area contributed by atoms with Crippen LogP contribution in [0.15, 0.2) is 42.7 Å². The molecule has 2 atom stereocenters. The molecular formula is C21H23ClFN5O. The molecule has 6 nitrogen and oxygen atoms in total. The average molecular weight is 416 g/mol. The smallest absolute Gasteiger partial charge is 0.254 e. The zero-order chi connectivity index (χ0) is 20.4. The highest BCUT2D eigenvalue weighted by Crippen LogP contribution is 2.29. The van der Waals surface area contributed by atoms with Crippen LogP contribution in [0.4, 0.5) is 10.1 Å². The summed E-state index contributed by atoms with van der Waals surface area (Å²) in [6.45, 7) is 1.73. The Hall–Kier alpha value is -2.64. The van der Waals surface area contributed by atoms with Gasteiger partial charge in [0.2, 0.25) is 0 Å². The van der Waals surface area contributed by atoms with Crippen LogP contribution < -0.4 is 10.6 Å². The van der Waals surface area contributed by atoms with Crippen molar-refractivity contribution in [2.45, 2.75) is 25.2 Å². The van der Waals surface area contributed by atoms with Crippen molar-refractivity contribution < 1.29 is 9.18 Å². The summed E-state index contributed by atoms with van der Waals surface area (Å²) in [5, 5.41) is 7.38. The SMILES string of the molecule is CNC(=O)c1cnc2[nH]ccc2c1N[C@@H]1CCN(Cc2cccc(Cl)c2)C[C@@H]1F. The van der Waals surface area contributed by atoms with Gasteiger partial charge in [-0.1, -0.05) is 23.7 Å². The van der Waals surface area contributed by atoms with Crippen molar-refractivity contribution in [3.8, 4) is 0 Å². The van der Waals surface area contributed by atoms with Crippen molar-refractivity contribution in [3.05, 3.63) is 58.9 Å². The number of nitrogens with one attached hydrogen (secondary N) is 3. The lowest BCUT2D eigenvalue weighted by Gasteiger charge is -2.36. The molecule has 2 aromatic heterocycles. The van der Waals surface area contributed by atoms with Crippen LogP contribution >= 0.6 is 11.6 Å². The minimum atomic E-state index is -1.07. The molecule has 1 aliphatic rings. The van der Waals surface area contributed by atoms with E-state index in [1.54, 1.807) is 13.2 Å². The fourth-order valence-corrected chi connectivity index (χ4v) is 4.04. The van der Waals surface area contributed by atoms with Gasteiger partial charge >= 0.3 is 0 Å². The number of piperidine rings is 1. The number of hydrogen-bond donors (Lipinski definition) is 3. The normalized spacial score (nSPS) is 20.0. The van der Waals surface area contributed by atoms with Crippen LogP contribution in [0.5, 0.6) is 0 Å². The maximum absolute atomic E-state index is 15.1. The Bertz CT molecular complexity index is 1020. The summed E-state index contributed by atoms with van der Waals surface area (Å²) in [6, 6.07) is 9.12. The second-order valence-electron chi connectivity index (χ2n) is 7.29. The zero-order valence-electron chi connectivity index (χ0n) is 16.1. The number of carbonyl (C=O) groups is 1. The lowest BCUT2D eigenvalue weighted by atomic mass is 10.0. The van der Waals surface area contributed by atoms with Crippen LogP contribution in [0.25, 0.3) is 11.0 Å². The van der Waals surface area contributed by atoms with Crippen LogP contribution in [0.3, 0.4) is 0 Å². The molecule has 152 valence electrons. The number of rotatable bonds is 5. The van der Waals surface area contributed by atoms with Gasteiger partial charge in [0.05, 0.1) is 17.3 Å². The molecule has 3 N–H and O–H groups in total. The van der Waals surface area contributed by atoms with Crippen LogP contribution in [0.2, 0.25) is 5.02 Å². The van der Waals surface area contributed by atoms with Gasteiger partial charge in [-0.15, -0.1) is 0 Å². The van der Waals surface area contributed by atoms with Crippen LogP contribution in [-0.4, -0.2) is 53.1 Å². The lowest BCUT2D eigenvalue weighted by Crippen LogP contribution is -2.47. The first kappa shape index (κ1) is 19.7. The summed E-state index contributed by atoms with van der Waals surface area (Å²) >= 11 is 6.05. The second-order valence-corrected chi connectivity index (χ2v) is 7.72. The number of likely N-dealkylation sites (tertiary alicyclic amines) is 1. The van der Waals surface area contributed by atoms with Gasteiger partial charge in [0.15, 0.2) is 0 Å². The molecule has 3 aromatic rings. The quantitative estimate of drug-likeness (QED) is 0.595. The number of anilines is 1. The molecule has 0 spiro atoms. The first-order valence-corrected chi connectivity index (χ1v) is 9.98. The van der Waals surface area contributed by atoms with Crippen molar-refractivity contribution >= 4 is 34.2 Å². The number of amides is 1. The fraction of sp³-hybridized carbons (Fsp3) is 0.333. The summed E-state index contributed by atoms with van der Waals surface area (Å²) in [7, 11) is 1.57. The van der Waals surface area contributed by atoms with Gasteiger partial charge in [0.25, 0.3) is 5.91 Å². The zero-order valence-corrected chi connectivity index (χ0v) is 16.8. The summed E-state index contributed by atoms with van der Waals surface area (Å²) in [5.74, 6) is -0.253. The van der Waals surface area contributed by atoms with E-state index in [0.717, 1.165) is 17.5 Å². The highest BCUT2D eigenvalue weighted by Gasteiger charge is 2.30. The van der Waals surface area contributed by atoms with E-state index in [0.29, 0.717) is 41.4 Å². The molecule has 1 fully saturated rings. The Kier molecular flexibility index (Phi) is 5.69. The van der Waals surface area contributed by atoms with Crippen LogP contribution in [-0.2, 0) is 6.54 Å². The third-order valence-corrected chi connectivity index (χ3v) is 5.54. The molecule has 1 aliphatic heterocycles. The summed E-state index contributed by atoms with van der Waals surface area (Å²) in [5.41, 5.74) is 2.76. The van der Waals surface area contributed by atoms with E-state index < -0.39 is 6.17 Å². The van der Waals surface area contributed by atoms with E-state index in [-0.39, 0.29) is 11.9 Å². The summed E-state index contributed by atoms with van der Waals surface area (Å²) in [4.78, 5) is 21.7. The number of aromatic nitrogens is 2. The Morgan fingerprint density at radius 2 is 2.28 bits per heavy atom. The topological polar surface area (TPSA) is 73.0 Å². The minimum absolute atomic E-state index is 0.253. The maximum atomic E-state index is 15.1. The Balaban J connectivity index is 1.50. The van der Waals surface area contributed by atoms with Crippen molar-refractivity contribution in [1.29, 1.82) is 0 Å². The lowest BCUT2D eigenvalue weighted by molar-refractivity contribution is 0.0962. The first-order valence-electron chi connectivity index (χ1n) is 9.60. The Labute approximate surface area is 173 Å². The van der Waals surface area contributed by atoms with E-state index >= 15 is 4.39 Å².